The highest BCUT2D eigenvalue weighted by molar-refractivity contribution is 7.21. The Morgan fingerprint density at radius 3 is 2.27 bits per heavy atom. The molecule has 0 saturated carbocycles. The number of nitrogens with two attached hydrogens (primary N) is 1. The first-order chi connectivity index (χ1) is 14.7. The van der Waals surface area contributed by atoms with Crippen LogP contribution in [0.1, 0.15) is 15.2 Å². The lowest BCUT2D eigenvalue weighted by Gasteiger charge is -2.08. The van der Waals surface area contributed by atoms with E-state index in [4.69, 9.17) is 10.7 Å². The fraction of sp³-hybridized carbons (Fsp3) is 0. The lowest BCUT2D eigenvalue weighted by molar-refractivity contribution is 0.104. The molecule has 0 fully saturated rings. The Balaban J connectivity index is 1.77. The molecular formula is C25H17N3OS. The monoisotopic (exact) mass is 407 g/mol. The summed E-state index contributed by atoms with van der Waals surface area (Å²) in [5.41, 5.74) is 11.3. The van der Waals surface area contributed by atoms with Gasteiger partial charge in [0.15, 0.2) is 0 Å². The van der Waals surface area contributed by atoms with E-state index in [0.717, 1.165) is 32.6 Å². The van der Waals surface area contributed by atoms with Crippen LogP contribution in [0, 0.1) is 0 Å². The largest absolute Gasteiger partial charge is 0.397 e. The zero-order valence-corrected chi connectivity index (χ0v) is 16.8. The van der Waals surface area contributed by atoms with Gasteiger partial charge in [0.05, 0.1) is 11.4 Å². The molecule has 3 aromatic heterocycles. The number of benzene rings is 2. The van der Waals surface area contributed by atoms with Gasteiger partial charge in [-0.1, -0.05) is 60.7 Å². The van der Waals surface area contributed by atoms with Gasteiger partial charge in [-0.05, 0) is 29.3 Å². The Bertz CT molecular complexity index is 1350. The highest BCUT2D eigenvalue weighted by atomic mass is 32.1. The fourth-order valence-electron chi connectivity index (χ4n) is 3.52. The molecule has 5 rings (SSSR count). The molecule has 0 aliphatic rings. The van der Waals surface area contributed by atoms with Crippen LogP contribution in [0.4, 0.5) is 5.69 Å². The Kier molecular flexibility index (Phi) is 4.58. The molecule has 0 unspecified atom stereocenters. The van der Waals surface area contributed by atoms with Crippen LogP contribution in [-0.4, -0.2) is 15.8 Å². The van der Waals surface area contributed by atoms with Crippen molar-refractivity contribution >= 4 is 33.0 Å². The molecule has 2 N–H and O–H groups in total. The van der Waals surface area contributed by atoms with Gasteiger partial charge in [-0.2, -0.15) is 0 Å². The van der Waals surface area contributed by atoms with Gasteiger partial charge in [-0.15, -0.1) is 11.3 Å². The molecule has 0 aliphatic heterocycles. The lowest BCUT2D eigenvalue weighted by Crippen LogP contribution is -2.01. The number of nitrogen functional groups attached to an aromatic ring is 1. The Morgan fingerprint density at radius 2 is 1.57 bits per heavy atom. The third-order valence-electron chi connectivity index (χ3n) is 4.98. The van der Waals surface area contributed by atoms with E-state index < -0.39 is 0 Å². The van der Waals surface area contributed by atoms with Gasteiger partial charge in [-0.3, -0.25) is 9.78 Å². The summed E-state index contributed by atoms with van der Waals surface area (Å²) < 4.78 is 0. The van der Waals surface area contributed by atoms with E-state index in [1.807, 2.05) is 66.7 Å². The fourth-order valence-corrected chi connectivity index (χ4v) is 4.60. The van der Waals surface area contributed by atoms with Crippen LogP contribution in [-0.2, 0) is 0 Å². The summed E-state index contributed by atoms with van der Waals surface area (Å²) in [7, 11) is 0. The quantitative estimate of drug-likeness (QED) is 0.380. The van der Waals surface area contributed by atoms with Crippen LogP contribution in [0.3, 0.4) is 0 Å². The average molecular weight is 407 g/mol. The van der Waals surface area contributed by atoms with Crippen LogP contribution < -0.4 is 5.73 Å². The van der Waals surface area contributed by atoms with E-state index in [1.165, 1.54) is 11.3 Å². The number of aromatic nitrogens is 2. The molecule has 0 bridgehead atoms. The van der Waals surface area contributed by atoms with Gasteiger partial charge in [0.25, 0.3) is 0 Å². The number of hydrogen-bond acceptors (Lipinski definition) is 5. The number of ketones is 1. The SMILES string of the molecule is Nc1c(C(=O)c2ccccc2)sc2nc(-c3cccnc3)cc(-c3ccccc3)c12. The molecule has 2 aromatic carbocycles. The van der Waals surface area contributed by atoms with Gasteiger partial charge in [0, 0.05) is 28.9 Å². The Hall–Kier alpha value is -3.83. The second-order valence-electron chi connectivity index (χ2n) is 6.88. The summed E-state index contributed by atoms with van der Waals surface area (Å²) in [5, 5.41) is 0.818. The number of carbonyl (C=O) groups excluding carboxylic acids is 1. The zero-order valence-electron chi connectivity index (χ0n) is 15.9. The van der Waals surface area contributed by atoms with Crippen LogP contribution >= 0.6 is 11.3 Å². The maximum Gasteiger partial charge on any atom is 0.205 e. The minimum absolute atomic E-state index is 0.0851. The van der Waals surface area contributed by atoms with Gasteiger partial charge < -0.3 is 5.73 Å². The summed E-state index contributed by atoms with van der Waals surface area (Å²) in [6.45, 7) is 0. The van der Waals surface area contributed by atoms with Crippen molar-refractivity contribution in [3.05, 3.63) is 102 Å². The van der Waals surface area contributed by atoms with Gasteiger partial charge in [0.1, 0.15) is 9.71 Å². The van der Waals surface area contributed by atoms with E-state index in [2.05, 4.69) is 4.98 Å². The van der Waals surface area contributed by atoms with Crippen molar-refractivity contribution in [2.24, 2.45) is 0 Å². The van der Waals surface area contributed by atoms with Crippen molar-refractivity contribution in [2.45, 2.75) is 0 Å². The molecule has 0 amide bonds. The summed E-state index contributed by atoms with van der Waals surface area (Å²) in [6, 6.07) is 25.1. The van der Waals surface area contributed by atoms with E-state index >= 15 is 0 Å². The average Bonchev–Trinajstić information content (AvgIpc) is 3.16. The predicted molar refractivity (Wildman–Crippen MR) is 123 cm³/mol. The lowest BCUT2D eigenvalue weighted by atomic mass is 9.99. The van der Waals surface area contributed by atoms with E-state index in [1.54, 1.807) is 24.5 Å². The zero-order chi connectivity index (χ0) is 20.5. The van der Waals surface area contributed by atoms with Crippen molar-refractivity contribution in [3.8, 4) is 22.4 Å². The minimum Gasteiger partial charge on any atom is -0.397 e. The van der Waals surface area contributed by atoms with Crippen molar-refractivity contribution in [3.63, 3.8) is 0 Å². The third kappa shape index (κ3) is 3.15. The molecule has 0 aliphatic carbocycles. The first-order valence-corrected chi connectivity index (χ1v) is 10.3. The standard InChI is InChI=1S/C25H17N3OS/c26-22-21-19(16-8-3-1-4-9-16)14-20(18-12-7-13-27-15-18)28-25(21)30-24(22)23(29)17-10-5-2-6-11-17/h1-15H,26H2. The van der Waals surface area contributed by atoms with E-state index in [9.17, 15) is 4.79 Å². The number of rotatable bonds is 4. The normalized spacial score (nSPS) is 10.9. The summed E-state index contributed by atoms with van der Waals surface area (Å²) in [5.74, 6) is -0.0851. The number of pyridine rings is 2. The smallest absolute Gasteiger partial charge is 0.205 e. The van der Waals surface area contributed by atoms with E-state index in [-0.39, 0.29) is 5.78 Å². The second-order valence-corrected chi connectivity index (χ2v) is 7.88. The molecule has 5 aromatic rings. The second kappa shape index (κ2) is 7.54. The summed E-state index contributed by atoms with van der Waals surface area (Å²) >= 11 is 1.34. The van der Waals surface area contributed by atoms with E-state index in [0.29, 0.717) is 16.1 Å². The molecule has 3 heterocycles. The highest BCUT2D eigenvalue weighted by Gasteiger charge is 2.22. The number of fused-ring (bicyclic) bond motifs is 1. The summed E-state index contributed by atoms with van der Waals surface area (Å²) in [6.07, 6.45) is 3.52. The molecule has 0 radical (unpaired) electrons. The number of nitrogens with zero attached hydrogens (tertiary/aromatic N) is 2. The van der Waals surface area contributed by atoms with Crippen LogP contribution in [0.15, 0.2) is 91.3 Å². The molecule has 0 saturated heterocycles. The third-order valence-corrected chi connectivity index (χ3v) is 6.08. The van der Waals surface area contributed by atoms with Crippen LogP contribution in [0.25, 0.3) is 32.6 Å². The Morgan fingerprint density at radius 1 is 0.867 bits per heavy atom. The number of anilines is 1. The molecular weight excluding hydrogens is 390 g/mol. The van der Waals surface area contributed by atoms with Crippen molar-refractivity contribution in [1.29, 1.82) is 0 Å². The number of carbonyl (C=O) groups is 1. The highest BCUT2D eigenvalue weighted by Crippen LogP contribution is 2.41. The Labute approximate surface area is 177 Å². The first-order valence-electron chi connectivity index (χ1n) is 9.51. The summed E-state index contributed by atoms with van der Waals surface area (Å²) in [4.78, 5) is 23.4. The maximum absolute atomic E-state index is 13.1. The van der Waals surface area contributed by atoms with Gasteiger partial charge in [0.2, 0.25) is 5.78 Å². The topological polar surface area (TPSA) is 68.9 Å². The molecule has 0 atom stereocenters. The van der Waals surface area contributed by atoms with Gasteiger partial charge >= 0.3 is 0 Å². The molecule has 5 heteroatoms. The minimum atomic E-state index is -0.0851. The molecule has 144 valence electrons. The molecule has 30 heavy (non-hydrogen) atoms. The van der Waals surface area contributed by atoms with Crippen molar-refractivity contribution in [1.82, 2.24) is 9.97 Å². The first kappa shape index (κ1) is 18.2. The predicted octanol–water partition coefficient (Wildman–Crippen LogP) is 5.84. The maximum atomic E-state index is 13.1. The molecule has 4 nitrogen and oxygen atoms in total. The van der Waals surface area contributed by atoms with Crippen LogP contribution in [0.5, 0.6) is 0 Å². The van der Waals surface area contributed by atoms with Crippen LogP contribution in [0.2, 0.25) is 0 Å². The number of hydrogen-bond donors (Lipinski definition) is 1. The number of thiophene rings is 1. The van der Waals surface area contributed by atoms with Gasteiger partial charge in [-0.25, -0.2) is 4.98 Å². The van der Waals surface area contributed by atoms with Crippen molar-refractivity contribution in [2.75, 3.05) is 5.73 Å². The van der Waals surface area contributed by atoms with Crippen molar-refractivity contribution < 1.29 is 4.79 Å². The molecule has 0 spiro atoms.